The fraction of sp³-hybridized carbons (Fsp3) is 0.857. The summed E-state index contributed by atoms with van der Waals surface area (Å²) >= 11 is 0. The van der Waals surface area contributed by atoms with Crippen LogP contribution in [0.5, 0.6) is 0 Å². The summed E-state index contributed by atoms with van der Waals surface area (Å²) < 4.78 is 6.07. The lowest BCUT2D eigenvalue weighted by Crippen LogP contribution is -2.56. The van der Waals surface area contributed by atoms with Gasteiger partial charge in [-0.15, -0.1) is 0 Å². The molecule has 0 aromatic rings. The van der Waals surface area contributed by atoms with Crippen molar-refractivity contribution in [2.24, 2.45) is 5.41 Å². The first-order valence-electron chi connectivity index (χ1n) is 7.33. The number of carboxylic acids is 1. The molecule has 0 bridgehead atoms. The zero-order chi connectivity index (χ0) is 17.5. The van der Waals surface area contributed by atoms with Crippen LogP contribution in [0.2, 0.25) is 19.1 Å². The number of amides is 1. The zero-order valence-electron chi connectivity index (χ0n) is 14.1. The van der Waals surface area contributed by atoms with Gasteiger partial charge in [0.15, 0.2) is 14.0 Å². The molecule has 8 heteroatoms. The predicted octanol–water partition coefficient (Wildman–Crippen LogP) is 2.17. The Balaban J connectivity index is 3.01. The van der Waals surface area contributed by atoms with Crippen molar-refractivity contribution in [1.29, 1.82) is 0 Å². The van der Waals surface area contributed by atoms with Crippen molar-refractivity contribution in [2.45, 2.75) is 71.1 Å². The molecule has 1 fully saturated rings. The monoisotopic (exact) mass is 333 g/mol. The average Bonchev–Trinajstić information content (AvgIpc) is 2.46. The number of hydrogen-bond donors (Lipinski definition) is 3. The maximum Gasteiger partial charge on any atom is 0.410 e. The topological polar surface area (TPSA) is 107 Å². The van der Waals surface area contributed by atoms with Gasteiger partial charge >= 0.3 is 12.1 Å². The summed E-state index contributed by atoms with van der Waals surface area (Å²) in [6.07, 6.45) is -2.35. The Morgan fingerprint density at radius 2 is 1.82 bits per heavy atom. The number of nitrogens with zero attached hydrogens (tertiary/aromatic N) is 1. The lowest BCUT2D eigenvalue weighted by molar-refractivity contribution is -0.149. The SMILES string of the molecule is CC(C)(C)C[Si](C)(C)O[C@H]1C[C@@H](C(=O)O)N(C(=O)O)C1(C)O. The number of carboxylic acid groups (broad SMARTS) is 2. The van der Waals surface area contributed by atoms with Crippen LogP contribution in [-0.2, 0) is 9.22 Å². The van der Waals surface area contributed by atoms with E-state index in [2.05, 4.69) is 20.8 Å². The molecule has 3 atom stereocenters. The third kappa shape index (κ3) is 4.20. The maximum absolute atomic E-state index is 11.3. The molecule has 1 rings (SSSR count). The van der Waals surface area contributed by atoms with E-state index in [1.165, 1.54) is 6.92 Å². The molecule has 3 N–H and O–H groups in total. The van der Waals surface area contributed by atoms with Crippen molar-refractivity contribution >= 4 is 20.4 Å². The quantitative estimate of drug-likeness (QED) is 0.681. The van der Waals surface area contributed by atoms with E-state index in [9.17, 15) is 24.9 Å². The molecule has 1 saturated heterocycles. The maximum atomic E-state index is 11.3. The fourth-order valence-corrected chi connectivity index (χ4v) is 7.13. The van der Waals surface area contributed by atoms with E-state index in [0.717, 1.165) is 6.04 Å². The molecule has 1 amide bonds. The third-order valence-electron chi connectivity index (χ3n) is 3.76. The van der Waals surface area contributed by atoms with Crippen molar-refractivity contribution in [3.8, 4) is 0 Å². The molecule has 0 aromatic heterocycles. The number of carbonyl (C=O) groups is 2. The summed E-state index contributed by atoms with van der Waals surface area (Å²) in [5.74, 6) is -1.27. The van der Waals surface area contributed by atoms with E-state index in [1.807, 2.05) is 13.1 Å². The Labute approximate surface area is 132 Å². The second kappa shape index (κ2) is 5.82. The van der Waals surface area contributed by atoms with Gasteiger partial charge in [0.05, 0.1) is 6.10 Å². The van der Waals surface area contributed by atoms with E-state index >= 15 is 0 Å². The molecule has 1 unspecified atom stereocenters. The zero-order valence-corrected chi connectivity index (χ0v) is 15.1. The van der Waals surface area contributed by atoms with Crippen LogP contribution in [0.15, 0.2) is 0 Å². The highest BCUT2D eigenvalue weighted by atomic mass is 28.4. The van der Waals surface area contributed by atoms with Crippen molar-refractivity contribution < 1.29 is 29.3 Å². The first-order valence-corrected chi connectivity index (χ1v) is 10.4. The van der Waals surface area contributed by atoms with Crippen LogP contribution in [0, 0.1) is 5.41 Å². The standard InChI is InChI=1S/C14H27NO6Si/c1-13(2,3)8-22(5,6)21-10-7-9(11(16)17)15(12(18)19)14(10,4)20/h9-10,20H,7-8H2,1-6H3,(H,16,17)(H,18,19)/t9-,10-,14?/m0/s1. The van der Waals surface area contributed by atoms with E-state index in [4.69, 9.17) is 4.43 Å². The van der Waals surface area contributed by atoms with Gasteiger partial charge in [0.1, 0.15) is 6.04 Å². The molecule has 7 nitrogen and oxygen atoms in total. The van der Waals surface area contributed by atoms with Crippen LogP contribution < -0.4 is 0 Å². The van der Waals surface area contributed by atoms with Crippen LogP contribution in [0.4, 0.5) is 4.79 Å². The summed E-state index contributed by atoms with van der Waals surface area (Å²) in [5.41, 5.74) is -1.81. The highest BCUT2D eigenvalue weighted by Crippen LogP contribution is 2.38. The largest absolute Gasteiger partial charge is 0.480 e. The second-order valence-corrected chi connectivity index (χ2v) is 12.0. The van der Waals surface area contributed by atoms with Gasteiger partial charge in [0.25, 0.3) is 0 Å². The van der Waals surface area contributed by atoms with Crippen LogP contribution in [-0.4, -0.2) is 58.5 Å². The van der Waals surface area contributed by atoms with Crippen molar-refractivity contribution in [3.05, 3.63) is 0 Å². The molecular weight excluding hydrogens is 306 g/mol. The van der Waals surface area contributed by atoms with Crippen LogP contribution in [0.3, 0.4) is 0 Å². The first-order chi connectivity index (χ1) is 9.67. The molecule has 1 heterocycles. The Morgan fingerprint density at radius 1 is 1.32 bits per heavy atom. The van der Waals surface area contributed by atoms with E-state index in [1.54, 1.807) is 0 Å². The van der Waals surface area contributed by atoms with Crippen LogP contribution in [0.1, 0.15) is 34.1 Å². The van der Waals surface area contributed by atoms with Gasteiger partial charge in [-0.05, 0) is 31.5 Å². The highest BCUT2D eigenvalue weighted by Gasteiger charge is 2.56. The molecular formula is C14H27NO6Si. The van der Waals surface area contributed by atoms with Gasteiger partial charge in [-0.3, -0.25) is 4.90 Å². The summed E-state index contributed by atoms with van der Waals surface area (Å²) in [7, 11) is -2.19. The average molecular weight is 333 g/mol. The van der Waals surface area contributed by atoms with Gasteiger partial charge in [0.2, 0.25) is 0 Å². The molecule has 0 radical (unpaired) electrons. The van der Waals surface area contributed by atoms with E-state index in [0.29, 0.717) is 4.90 Å². The van der Waals surface area contributed by atoms with Crippen LogP contribution >= 0.6 is 0 Å². The Kier molecular flexibility index (Phi) is 5.01. The second-order valence-electron chi connectivity index (χ2n) is 7.94. The lowest BCUT2D eigenvalue weighted by Gasteiger charge is -2.38. The molecule has 128 valence electrons. The molecule has 0 aliphatic carbocycles. The summed E-state index contributed by atoms with van der Waals surface area (Å²) in [5, 5.41) is 29.0. The van der Waals surface area contributed by atoms with Gasteiger partial charge in [-0.1, -0.05) is 20.8 Å². The minimum absolute atomic E-state index is 0.0405. The molecule has 0 aromatic carbocycles. The Morgan fingerprint density at radius 3 is 2.14 bits per heavy atom. The molecule has 0 saturated carbocycles. The lowest BCUT2D eigenvalue weighted by atomic mass is 10.0. The van der Waals surface area contributed by atoms with Crippen molar-refractivity contribution in [3.63, 3.8) is 0 Å². The highest BCUT2D eigenvalue weighted by molar-refractivity contribution is 6.71. The predicted molar refractivity (Wildman–Crippen MR) is 83.1 cm³/mol. The molecule has 0 spiro atoms. The first kappa shape index (κ1) is 18.9. The Hall–Kier alpha value is -1.12. The van der Waals surface area contributed by atoms with Gasteiger partial charge in [-0.25, -0.2) is 9.59 Å². The molecule has 1 aliphatic rings. The molecule has 22 heavy (non-hydrogen) atoms. The number of aliphatic hydroxyl groups is 1. The number of rotatable bonds is 4. The smallest absolute Gasteiger partial charge is 0.410 e. The van der Waals surface area contributed by atoms with Gasteiger partial charge < -0.3 is 19.7 Å². The van der Waals surface area contributed by atoms with E-state index < -0.39 is 38.3 Å². The number of hydrogen-bond acceptors (Lipinski definition) is 4. The van der Waals surface area contributed by atoms with Crippen molar-refractivity contribution in [1.82, 2.24) is 4.90 Å². The minimum atomic E-state index is -2.19. The van der Waals surface area contributed by atoms with E-state index in [-0.39, 0.29) is 11.8 Å². The summed E-state index contributed by atoms with van der Waals surface area (Å²) in [4.78, 5) is 23.2. The van der Waals surface area contributed by atoms with Gasteiger partial charge in [0, 0.05) is 6.42 Å². The van der Waals surface area contributed by atoms with Crippen LogP contribution in [0.25, 0.3) is 0 Å². The molecule has 1 aliphatic heterocycles. The number of likely N-dealkylation sites (tertiary alicyclic amines) is 1. The normalized spacial score (nSPS) is 29.7. The number of aliphatic carboxylic acids is 1. The fourth-order valence-electron chi connectivity index (χ4n) is 3.40. The third-order valence-corrected chi connectivity index (χ3v) is 6.59. The van der Waals surface area contributed by atoms with Gasteiger partial charge in [-0.2, -0.15) is 0 Å². The minimum Gasteiger partial charge on any atom is -0.480 e. The van der Waals surface area contributed by atoms with Crippen molar-refractivity contribution in [2.75, 3.05) is 0 Å². The summed E-state index contributed by atoms with van der Waals surface area (Å²) in [6, 6.07) is -0.478. The summed E-state index contributed by atoms with van der Waals surface area (Å²) in [6.45, 7) is 11.5. The Bertz CT molecular complexity index is 457.